The van der Waals surface area contributed by atoms with Gasteiger partial charge in [0.25, 0.3) is 5.91 Å². The number of halogens is 1. The van der Waals surface area contributed by atoms with Crippen molar-refractivity contribution in [2.75, 3.05) is 5.32 Å². The van der Waals surface area contributed by atoms with Crippen LogP contribution in [-0.4, -0.2) is 35.2 Å². The molecule has 29 heavy (non-hydrogen) atoms. The Hall–Kier alpha value is -2.54. The van der Waals surface area contributed by atoms with Crippen molar-refractivity contribution in [2.45, 2.75) is 65.2 Å². The first kappa shape index (κ1) is 24.5. The Labute approximate surface area is 176 Å². The van der Waals surface area contributed by atoms with Gasteiger partial charge in [-0.1, -0.05) is 18.2 Å². The molecule has 0 spiro atoms. The average molecular weight is 425 g/mol. The summed E-state index contributed by atoms with van der Waals surface area (Å²) in [4.78, 5) is 37.1. The molecule has 0 aromatic heterocycles. The maximum absolute atomic E-state index is 12.5. The zero-order chi connectivity index (χ0) is 22.4. The van der Waals surface area contributed by atoms with Crippen molar-refractivity contribution in [3.63, 3.8) is 0 Å². The van der Waals surface area contributed by atoms with E-state index in [0.717, 1.165) is 0 Å². The van der Waals surface area contributed by atoms with Gasteiger partial charge in [0, 0.05) is 22.7 Å². The normalized spacial score (nSPS) is 12.5. The van der Waals surface area contributed by atoms with E-state index < -0.39 is 35.2 Å². The quantitative estimate of drug-likeness (QED) is 0.519. The van der Waals surface area contributed by atoms with Crippen LogP contribution in [0, 0.1) is 0 Å². The first-order valence-corrected chi connectivity index (χ1v) is 9.51. The minimum atomic E-state index is -1.13. The summed E-state index contributed by atoms with van der Waals surface area (Å²) in [6, 6.07) is 5.41. The minimum Gasteiger partial charge on any atom is -0.458 e. The van der Waals surface area contributed by atoms with Gasteiger partial charge in [0.15, 0.2) is 0 Å². The summed E-state index contributed by atoms with van der Waals surface area (Å²) < 4.78 is 10.5. The SMILES string of the molecule is C=C(C[C@H](NC(=O)OC(C)(C)C)C(=O)OC(C)(C)C)C(=O)Nc1ccc(Cl)cc1. The Morgan fingerprint density at radius 2 is 1.52 bits per heavy atom. The standard InChI is InChI=1S/C21H29ClN2O5/c1-13(17(25)23-15-10-8-14(22)9-11-15)12-16(18(26)28-20(2,3)4)24-19(27)29-21(5,6)7/h8-11,16H,1,12H2,2-7H3,(H,23,25)(H,24,27)/t16-/m0/s1. The largest absolute Gasteiger partial charge is 0.458 e. The molecular weight excluding hydrogens is 396 g/mol. The predicted molar refractivity (Wildman–Crippen MR) is 113 cm³/mol. The molecule has 0 heterocycles. The Kier molecular flexibility index (Phi) is 8.26. The van der Waals surface area contributed by atoms with E-state index in [1.54, 1.807) is 65.8 Å². The van der Waals surface area contributed by atoms with Crippen molar-refractivity contribution in [2.24, 2.45) is 0 Å². The summed E-state index contributed by atoms with van der Waals surface area (Å²) in [5.41, 5.74) is -0.898. The molecule has 0 aliphatic carbocycles. The van der Waals surface area contributed by atoms with E-state index >= 15 is 0 Å². The molecule has 7 nitrogen and oxygen atoms in total. The van der Waals surface area contributed by atoms with Gasteiger partial charge in [0.05, 0.1) is 0 Å². The van der Waals surface area contributed by atoms with Gasteiger partial charge in [-0.3, -0.25) is 4.79 Å². The van der Waals surface area contributed by atoms with E-state index in [1.165, 1.54) is 0 Å². The van der Waals surface area contributed by atoms with Gasteiger partial charge in [0.2, 0.25) is 0 Å². The fourth-order valence-corrected chi connectivity index (χ4v) is 2.23. The highest BCUT2D eigenvalue weighted by Crippen LogP contribution is 2.17. The highest BCUT2D eigenvalue weighted by molar-refractivity contribution is 6.30. The molecule has 0 unspecified atom stereocenters. The van der Waals surface area contributed by atoms with Crippen molar-refractivity contribution in [1.82, 2.24) is 5.32 Å². The molecule has 2 amide bonds. The van der Waals surface area contributed by atoms with Crippen LogP contribution in [0.1, 0.15) is 48.0 Å². The van der Waals surface area contributed by atoms with Gasteiger partial charge in [0.1, 0.15) is 17.2 Å². The van der Waals surface area contributed by atoms with E-state index in [-0.39, 0.29) is 12.0 Å². The number of ether oxygens (including phenoxy) is 2. The molecule has 8 heteroatoms. The van der Waals surface area contributed by atoms with E-state index in [1.807, 2.05) is 0 Å². The topological polar surface area (TPSA) is 93.7 Å². The van der Waals surface area contributed by atoms with Crippen LogP contribution in [0.25, 0.3) is 0 Å². The van der Waals surface area contributed by atoms with Crippen molar-refractivity contribution in [1.29, 1.82) is 0 Å². The molecule has 2 N–H and O–H groups in total. The van der Waals surface area contributed by atoms with Crippen LogP contribution < -0.4 is 10.6 Å². The smallest absolute Gasteiger partial charge is 0.408 e. The Balaban J connectivity index is 2.86. The van der Waals surface area contributed by atoms with Crippen LogP contribution in [-0.2, 0) is 19.1 Å². The van der Waals surface area contributed by atoms with Crippen LogP contribution in [0.5, 0.6) is 0 Å². The third-order valence-corrected chi connectivity index (χ3v) is 3.51. The van der Waals surface area contributed by atoms with Crippen LogP contribution >= 0.6 is 11.6 Å². The number of alkyl carbamates (subject to hydrolysis) is 1. The van der Waals surface area contributed by atoms with E-state index in [9.17, 15) is 14.4 Å². The molecule has 0 aliphatic rings. The van der Waals surface area contributed by atoms with Crippen LogP contribution in [0.4, 0.5) is 10.5 Å². The molecule has 0 bridgehead atoms. The maximum atomic E-state index is 12.5. The number of anilines is 1. The van der Waals surface area contributed by atoms with Gasteiger partial charge in [-0.15, -0.1) is 0 Å². The fourth-order valence-electron chi connectivity index (χ4n) is 2.11. The lowest BCUT2D eigenvalue weighted by molar-refractivity contribution is -0.157. The number of carbonyl (C=O) groups is 3. The number of benzene rings is 1. The lowest BCUT2D eigenvalue weighted by Crippen LogP contribution is -2.46. The maximum Gasteiger partial charge on any atom is 0.408 e. The molecule has 0 saturated carbocycles. The number of rotatable bonds is 6. The highest BCUT2D eigenvalue weighted by Gasteiger charge is 2.30. The van der Waals surface area contributed by atoms with E-state index in [0.29, 0.717) is 10.7 Å². The van der Waals surface area contributed by atoms with Crippen molar-refractivity contribution in [3.8, 4) is 0 Å². The highest BCUT2D eigenvalue weighted by atomic mass is 35.5. The molecule has 1 aromatic carbocycles. The Bertz CT molecular complexity index is 761. The summed E-state index contributed by atoms with van der Waals surface area (Å²) in [5.74, 6) is -1.18. The third-order valence-electron chi connectivity index (χ3n) is 3.26. The molecule has 1 aromatic rings. The van der Waals surface area contributed by atoms with Gasteiger partial charge < -0.3 is 20.1 Å². The molecule has 1 atom stereocenters. The van der Waals surface area contributed by atoms with Crippen molar-refractivity contribution >= 4 is 35.3 Å². The van der Waals surface area contributed by atoms with Crippen molar-refractivity contribution in [3.05, 3.63) is 41.4 Å². The number of nitrogens with one attached hydrogen (secondary N) is 2. The Morgan fingerprint density at radius 1 is 1.00 bits per heavy atom. The van der Waals surface area contributed by atoms with Gasteiger partial charge in [-0.25, -0.2) is 9.59 Å². The number of hydrogen-bond donors (Lipinski definition) is 2. The second-order valence-electron chi connectivity index (χ2n) is 8.50. The van der Waals surface area contributed by atoms with Crippen LogP contribution in [0.15, 0.2) is 36.4 Å². The second-order valence-corrected chi connectivity index (χ2v) is 8.94. The Morgan fingerprint density at radius 3 is 2.00 bits per heavy atom. The lowest BCUT2D eigenvalue weighted by Gasteiger charge is -2.26. The van der Waals surface area contributed by atoms with E-state index in [2.05, 4.69) is 17.2 Å². The third kappa shape index (κ3) is 9.99. The summed E-state index contributed by atoms with van der Waals surface area (Å²) >= 11 is 5.83. The zero-order valence-electron chi connectivity index (χ0n) is 17.7. The number of hydrogen-bond acceptors (Lipinski definition) is 5. The summed E-state index contributed by atoms with van der Waals surface area (Å²) in [7, 11) is 0. The molecule has 0 radical (unpaired) electrons. The van der Waals surface area contributed by atoms with Gasteiger partial charge in [-0.05, 0) is 65.8 Å². The molecule has 0 saturated heterocycles. The van der Waals surface area contributed by atoms with Gasteiger partial charge >= 0.3 is 12.1 Å². The number of esters is 1. The van der Waals surface area contributed by atoms with Crippen LogP contribution in [0.3, 0.4) is 0 Å². The number of amides is 2. The predicted octanol–water partition coefficient (Wildman–Crippen LogP) is 4.46. The molecule has 1 rings (SSSR count). The first-order chi connectivity index (χ1) is 13.2. The number of carbonyl (C=O) groups excluding carboxylic acids is 3. The summed E-state index contributed by atoms with van der Waals surface area (Å²) in [6.45, 7) is 14.0. The molecular formula is C21H29ClN2O5. The lowest BCUT2D eigenvalue weighted by atomic mass is 10.1. The second kappa shape index (κ2) is 9.78. The van der Waals surface area contributed by atoms with Crippen molar-refractivity contribution < 1.29 is 23.9 Å². The average Bonchev–Trinajstić information content (AvgIpc) is 2.52. The molecule has 0 fully saturated rings. The first-order valence-electron chi connectivity index (χ1n) is 9.13. The van der Waals surface area contributed by atoms with E-state index in [4.69, 9.17) is 21.1 Å². The summed E-state index contributed by atoms with van der Waals surface area (Å²) in [6.07, 6.45) is -0.938. The zero-order valence-corrected chi connectivity index (χ0v) is 18.5. The summed E-state index contributed by atoms with van der Waals surface area (Å²) in [5, 5.41) is 5.65. The fraction of sp³-hybridized carbons (Fsp3) is 0.476. The minimum absolute atomic E-state index is 0.0897. The van der Waals surface area contributed by atoms with Crippen LogP contribution in [0.2, 0.25) is 5.02 Å². The molecule has 0 aliphatic heterocycles. The molecule has 160 valence electrons. The monoisotopic (exact) mass is 424 g/mol. The van der Waals surface area contributed by atoms with Gasteiger partial charge in [-0.2, -0.15) is 0 Å².